The van der Waals surface area contributed by atoms with Crippen LogP contribution in [0.3, 0.4) is 0 Å². The maximum atomic E-state index is 13.2. The van der Waals surface area contributed by atoms with E-state index in [9.17, 15) is 9.59 Å². The van der Waals surface area contributed by atoms with E-state index in [2.05, 4.69) is 26.1 Å². The van der Waals surface area contributed by atoms with Gasteiger partial charge in [-0.2, -0.15) is 0 Å². The van der Waals surface area contributed by atoms with E-state index in [1.807, 2.05) is 56.3 Å². The highest BCUT2D eigenvalue weighted by atomic mass is 16.5. The molecule has 0 fully saturated rings. The molecule has 0 aromatic heterocycles. The van der Waals surface area contributed by atoms with Crippen molar-refractivity contribution < 1.29 is 14.3 Å². The second kappa shape index (κ2) is 8.44. The number of nitrogens with zero attached hydrogens (tertiary/aromatic N) is 1. The zero-order valence-electron chi connectivity index (χ0n) is 18.6. The van der Waals surface area contributed by atoms with E-state index in [0.29, 0.717) is 17.9 Å². The molecule has 30 heavy (non-hydrogen) atoms. The Morgan fingerprint density at radius 2 is 1.63 bits per heavy atom. The summed E-state index contributed by atoms with van der Waals surface area (Å²) in [6, 6.07) is 13.9. The second-order valence-electron chi connectivity index (χ2n) is 8.78. The molecule has 0 saturated heterocycles. The molecule has 158 valence electrons. The molecule has 5 heteroatoms. The number of aryl methyl sites for hydroxylation is 2. The van der Waals surface area contributed by atoms with E-state index >= 15 is 0 Å². The molecule has 3 rings (SSSR count). The Hall–Kier alpha value is -2.92. The number of benzene rings is 2. The van der Waals surface area contributed by atoms with Crippen molar-refractivity contribution in [1.82, 2.24) is 4.90 Å². The SMILES string of the molecule is COCCN1C(=O)C(Nc2ccc(C(C)(C)C)cc2)=C(c2ccc(C)cc2C)C1=O. The van der Waals surface area contributed by atoms with Gasteiger partial charge in [0.15, 0.2) is 0 Å². The van der Waals surface area contributed by atoms with Crippen molar-refractivity contribution >= 4 is 23.1 Å². The third kappa shape index (κ3) is 4.31. The summed E-state index contributed by atoms with van der Waals surface area (Å²) in [5, 5.41) is 3.22. The van der Waals surface area contributed by atoms with Gasteiger partial charge in [0.05, 0.1) is 18.7 Å². The van der Waals surface area contributed by atoms with Crippen LogP contribution in [0.25, 0.3) is 5.57 Å². The molecule has 0 bridgehead atoms. The van der Waals surface area contributed by atoms with Crippen LogP contribution in [0.5, 0.6) is 0 Å². The van der Waals surface area contributed by atoms with Crippen molar-refractivity contribution in [2.45, 2.75) is 40.0 Å². The van der Waals surface area contributed by atoms with Gasteiger partial charge in [-0.1, -0.05) is 56.7 Å². The molecule has 1 heterocycles. The van der Waals surface area contributed by atoms with Gasteiger partial charge in [-0.05, 0) is 48.1 Å². The van der Waals surface area contributed by atoms with Crippen LogP contribution in [0.4, 0.5) is 5.69 Å². The molecule has 2 aromatic rings. The molecule has 1 aliphatic heterocycles. The van der Waals surface area contributed by atoms with Gasteiger partial charge in [0.1, 0.15) is 5.70 Å². The Morgan fingerprint density at radius 3 is 2.20 bits per heavy atom. The van der Waals surface area contributed by atoms with Crippen LogP contribution in [0, 0.1) is 13.8 Å². The first-order valence-electron chi connectivity index (χ1n) is 10.2. The number of rotatable bonds is 6. The van der Waals surface area contributed by atoms with Crippen molar-refractivity contribution in [3.63, 3.8) is 0 Å². The third-order valence-electron chi connectivity index (χ3n) is 5.36. The first-order chi connectivity index (χ1) is 14.1. The van der Waals surface area contributed by atoms with Crippen molar-refractivity contribution in [2.24, 2.45) is 0 Å². The van der Waals surface area contributed by atoms with E-state index in [4.69, 9.17) is 4.74 Å². The highest BCUT2D eigenvalue weighted by Crippen LogP contribution is 2.33. The largest absolute Gasteiger partial charge is 0.383 e. The number of ether oxygens (including phenoxy) is 1. The van der Waals surface area contributed by atoms with Crippen molar-refractivity contribution in [2.75, 3.05) is 25.6 Å². The maximum Gasteiger partial charge on any atom is 0.278 e. The number of amides is 2. The summed E-state index contributed by atoms with van der Waals surface area (Å²) in [5.74, 6) is -0.621. The van der Waals surface area contributed by atoms with Gasteiger partial charge in [-0.15, -0.1) is 0 Å². The lowest BCUT2D eigenvalue weighted by Gasteiger charge is -2.19. The number of nitrogens with one attached hydrogen (secondary N) is 1. The number of anilines is 1. The minimum atomic E-state index is -0.327. The molecule has 0 aliphatic carbocycles. The fraction of sp³-hybridized carbons (Fsp3) is 0.360. The fourth-order valence-electron chi connectivity index (χ4n) is 3.62. The summed E-state index contributed by atoms with van der Waals surface area (Å²) in [7, 11) is 1.55. The first kappa shape index (κ1) is 21.8. The molecule has 0 atom stereocenters. The number of carbonyl (C=O) groups is 2. The van der Waals surface area contributed by atoms with Gasteiger partial charge in [0, 0.05) is 12.8 Å². The minimum Gasteiger partial charge on any atom is -0.383 e. The Morgan fingerprint density at radius 1 is 0.967 bits per heavy atom. The molecule has 0 spiro atoms. The zero-order valence-corrected chi connectivity index (χ0v) is 18.6. The Bertz CT molecular complexity index is 998. The van der Waals surface area contributed by atoms with Gasteiger partial charge < -0.3 is 10.1 Å². The highest BCUT2D eigenvalue weighted by Gasteiger charge is 2.39. The molecule has 1 aliphatic rings. The number of hydrogen-bond acceptors (Lipinski definition) is 4. The van der Waals surface area contributed by atoms with Crippen LogP contribution < -0.4 is 5.32 Å². The van der Waals surface area contributed by atoms with Gasteiger partial charge in [-0.3, -0.25) is 14.5 Å². The van der Waals surface area contributed by atoms with E-state index in [-0.39, 0.29) is 23.8 Å². The molecular formula is C25H30N2O3. The smallest absolute Gasteiger partial charge is 0.278 e. The van der Waals surface area contributed by atoms with Crippen LogP contribution in [-0.2, 0) is 19.7 Å². The highest BCUT2D eigenvalue weighted by molar-refractivity contribution is 6.36. The number of imide groups is 1. The lowest BCUT2D eigenvalue weighted by molar-refractivity contribution is -0.137. The van der Waals surface area contributed by atoms with Gasteiger partial charge in [0.25, 0.3) is 11.8 Å². The molecule has 2 aromatic carbocycles. The number of hydrogen-bond donors (Lipinski definition) is 1. The predicted molar refractivity (Wildman–Crippen MR) is 120 cm³/mol. The van der Waals surface area contributed by atoms with Crippen molar-refractivity contribution in [3.8, 4) is 0 Å². The summed E-state index contributed by atoms with van der Waals surface area (Å²) in [6.45, 7) is 10.9. The Balaban J connectivity index is 2.04. The Labute approximate surface area is 178 Å². The predicted octanol–water partition coefficient (Wildman–Crippen LogP) is 4.44. The summed E-state index contributed by atoms with van der Waals surface area (Å²) in [5.41, 5.74) is 5.58. The lowest BCUT2D eigenvalue weighted by Crippen LogP contribution is -2.35. The van der Waals surface area contributed by atoms with Crippen LogP contribution in [-0.4, -0.2) is 37.0 Å². The van der Waals surface area contributed by atoms with Crippen molar-refractivity contribution in [3.05, 3.63) is 70.4 Å². The Kier molecular flexibility index (Phi) is 6.13. The van der Waals surface area contributed by atoms with Crippen LogP contribution in [0.1, 0.15) is 43.0 Å². The van der Waals surface area contributed by atoms with E-state index < -0.39 is 0 Å². The summed E-state index contributed by atoms with van der Waals surface area (Å²) in [4.78, 5) is 27.6. The average Bonchev–Trinajstić information content (AvgIpc) is 2.90. The zero-order chi connectivity index (χ0) is 22.1. The van der Waals surface area contributed by atoms with Gasteiger partial charge in [0.2, 0.25) is 0 Å². The van der Waals surface area contributed by atoms with Crippen LogP contribution >= 0.6 is 0 Å². The van der Waals surface area contributed by atoms with E-state index in [1.165, 1.54) is 10.5 Å². The molecule has 0 saturated carbocycles. The maximum absolute atomic E-state index is 13.2. The summed E-state index contributed by atoms with van der Waals surface area (Å²) in [6.07, 6.45) is 0. The van der Waals surface area contributed by atoms with E-state index in [1.54, 1.807) is 7.11 Å². The number of methoxy groups -OCH3 is 1. The molecule has 1 N–H and O–H groups in total. The van der Waals surface area contributed by atoms with Gasteiger partial charge in [-0.25, -0.2) is 0 Å². The number of carbonyl (C=O) groups excluding carboxylic acids is 2. The molecule has 0 radical (unpaired) electrons. The minimum absolute atomic E-state index is 0.0397. The monoisotopic (exact) mass is 406 g/mol. The first-order valence-corrected chi connectivity index (χ1v) is 10.2. The molecule has 5 nitrogen and oxygen atoms in total. The quantitative estimate of drug-likeness (QED) is 0.721. The topological polar surface area (TPSA) is 58.6 Å². The summed E-state index contributed by atoms with van der Waals surface area (Å²) >= 11 is 0. The molecular weight excluding hydrogens is 376 g/mol. The molecule has 0 unspecified atom stereocenters. The van der Waals surface area contributed by atoms with Gasteiger partial charge >= 0.3 is 0 Å². The fourth-order valence-corrected chi connectivity index (χ4v) is 3.62. The summed E-state index contributed by atoms with van der Waals surface area (Å²) < 4.78 is 5.09. The standard InChI is InChI=1S/C25H30N2O3/c1-16-7-12-20(17(2)15-16)21-22(24(29)27(23(21)28)13-14-30-6)26-19-10-8-18(9-11-19)25(3,4)5/h7-12,15,26H,13-14H2,1-6H3. The second-order valence-corrected chi connectivity index (χ2v) is 8.78. The van der Waals surface area contributed by atoms with E-state index in [0.717, 1.165) is 22.4 Å². The normalized spacial score (nSPS) is 14.7. The lowest BCUT2D eigenvalue weighted by atomic mass is 9.87. The van der Waals surface area contributed by atoms with Crippen LogP contribution in [0.15, 0.2) is 48.2 Å². The average molecular weight is 407 g/mol. The van der Waals surface area contributed by atoms with Crippen LogP contribution in [0.2, 0.25) is 0 Å². The molecule has 2 amide bonds. The van der Waals surface area contributed by atoms with Crippen molar-refractivity contribution in [1.29, 1.82) is 0 Å². The third-order valence-corrected chi connectivity index (χ3v) is 5.36.